The summed E-state index contributed by atoms with van der Waals surface area (Å²) in [5, 5.41) is 0. The molecule has 0 radical (unpaired) electrons. The van der Waals surface area contributed by atoms with Gasteiger partial charge in [-0.05, 0) is 27.7 Å². The predicted octanol–water partition coefficient (Wildman–Crippen LogP) is 1.95. The minimum absolute atomic E-state index is 0.311. The van der Waals surface area contributed by atoms with Crippen molar-refractivity contribution in [2.24, 2.45) is 0 Å². The van der Waals surface area contributed by atoms with E-state index in [0.717, 1.165) is 5.69 Å². The standard InChI is InChI=1S/C10H16N2O2/c1-5-14-10(13)9-8(4)12(6-11-9)7(2)3/h6-7H,5H2,1-4H3. The Morgan fingerprint density at radius 1 is 1.64 bits per heavy atom. The number of ether oxygens (including phenoxy) is 1. The fourth-order valence-electron chi connectivity index (χ4n) is 1.34. The highest BCUT2D eigenvalue weighted by atomic mass is 16.5. The first-order chi connectivity index (χ1) is 6.57. The summed E-state index contributed by atoms with van der Waals surface area (Å²) in [5.41, 5.74) is 1.28. The maximum atomic E-state index is 11.4. The van der Waals surface area contributed by atoms with Gasteiger partial charge in [0.25, 0.3) is 0 Å². The SMILES string of the molecule is CCOC(=O)c1ncn(C(C)C)c1C. The summed E-state index contributed by atoms with van der Waals surface area (Å²) in [6.45, 7) is 8.13. The Kier molecular flexibility index (Phi) is 3.28. The Hall–Kier alpha value is -1.32. The lowest BCUT2D eigenvalue weighted by Crippen LogP contribution is -2.08. The molecule has 0 saturated carbocycles. The molecule has 4 heteroatoms. The van der Waals surface area contributed by atoms with Crippen molar-refractivity contribution in [2.45, 2.75) is 33.7 Å². The van der Waals surface area contributed by atoms with Gasteiger partial charge < -0.3 is 9.30 Å². The predicted molar refractivity (Wildman–Crippen MR) is 53.3 cm³/mol. The summed E-state index contributed by atoms with van der Waals surface area (Å²) in [4.78, 5) is 15.4. The van der Waals surface area contributed by atoms with Crippen LogP contribution in [0, 0.1) is 6.92 Å². The summed E-state index contributed by atoms with van der Waals surface area (Å²) in [6.07, 6.45) is 1.67. The number of rotatable bonds is 3. The van der Waals surface area contributed by atoms with Gasteiger partial charge in [-0.1, -0.05) is 0 Å². The second kappa shape index (κ2) is 4.26. The number of esters is 1. The number of hydrogen-bond donors (Lipinski definition) is 0. The number of carbonyl (C=O) groups is 1. The number of carbonyl (C=O) groups excluding carboxylic acids is 1. The summed E-state index contributed by atoms with van der Waals surface area (Å²) >= 11 is 0. The van der Waals surface area contributed by atoms with Crippen molar-refractivity contribution in [3.63, 3.8) is 0 Å². The summed E-state index contributed by atoms with van der Waals surface area (Å²) in [6, 6.07) is 0.311. The molecule has 0 atom stereocenters. The van der Waals surface area contributed by atoms with Crippen LogP contribution >= 0.6 is 0 Å². The molecule has 0 saturated heterocycles. The van der Waals surface area contributed by atoms with E-state index in [-0.39, 0.29) is 5.97 Å². The van der Waals surface area contributed by atoms with Crippen molar-refractivity contribution in [3.8, 4) is 0 Å². The Morgan fingerprint density at radius 2 is 2.29 bits per heavy atom. The first-order valence-electron chi connectivity index (χ1n) is 4.78. The van der Waals surface area contributed by atoms with Crippen molar-refractivity contribution >= 4 is 5.97 Å². The van der Waals surface area contributed by atoms with Gasteiger partial charge in [0.05, 0.1) is 12.9 Å². The highest BCUT2D eigenvalue weighted by Crippen LogP contribution is 2.13. The van der Waals surface area contributed by atoms with Gasteiger partial charge in [-0.25, -0.2) is 9.78 Å². The fourth-order valence-corrected chi connectivity index (χ4v) is 1.34. The molecule has 0 unspecified atom stereocenters. The van der Waals surface area contributed by atoms with E-state index in [1.165, 1.54) is 0 Å². The molecule has 78 valence electrons. The van der Waals surface area contributed by atoms with E-state index in [0.29, 0.717) is 18.3 Å². The molecule has 1 aromatic rings. The molecule has 0 N–H and O–H groups in total. The van der Waals surface area contributed by atoms with Crippen molar-refractivity contribution in [3.05, 3.63) is 17.7 Å². The second-order valence-corrected chi connectivity index (χ2v) is 3.40. The van der Waals surface area contributed by atoms with Crippen LogP contribution < -0.4 is 0 Å². The smallest absolute Gasteiger partial charge is 0.358 e. The van der Waals surface area contributed by atoms with Crippen LogP contribution in [-0.2, 0) is 4.74 Å². The third-order valence-corrected chi connectivity index (χ3v) is 2.07. The molecule has 0 spiro atoms. The first kappa shape index (κ1) is 10.8. The van der Waals surface area contributed by atoms with Gasteiger partial charge in [-0.3, -0.25) is 0 Å². The largest absolute Gasteiger partial charge is 0.461 e. The fraction of sp³-hybridized carbons (Fsp3) is 0.600. The monoisotopic (exact) mass is 196 g/mol. The molecule has 0 aliphatic carbocycles. The Bertz CT molecular complexity index is 329. The van der Waals surface area contributed by atoms with E-state index in [9.17, 15) is 4.79 Å². The molecule has 0 aliphatic heterocycles. The van der Waals surface area contributed by atoms with Gasteiger partial charge in [-0.15, -0.1) is 0 Å². The van der Waals surface area contributed by atoms with Crippen molar-refractivity contribution in [1.29, 1.82) is 0 Å². The average molecular weight is 196 g/mol. The third kappa shape index (κ3) is 1.95. The molecule has 1 heterocycles. The molecule has 14 heavy (non-hydrogen) atoms. The van der Waals surface area contributed by atoms with Crippen LogP contribution in [0.5, 0.6) is 0 Å². The maximum absolute atomic E-state index is 11.4. The molecular weight excluding hydrogens is 180 g/mol. The number of imidazole rings is 1. The topological polar surface area (TPSA) is 44.1 Å². The van der Waals surface area contributed by atoms with Crippen LogP contribution in [0.15, 0.2) is 6.33 Å². The first-order valence-corrected chi connectivity index (χ1v) is 4.78. The molecule has 4 nitrogen and oxygen atoms in total. The van der Waals surface area contributed by atoms with Crippen LogP contribution in [0.3, 0.4) is 0 Å². The van der Waals surface area contributed by atoms with Crippen LogP contribution in [0.2, 0.25) is 0 Å². The molecule has 0 aliphatic rings. The molecule has 0 fully saturated rings. The van der Waals surface area contributed by atoms with Crippen molar-refractivity contribution < 1.29 is 9.53 Å². The summed E-state index contributed by atoms with van der Waals surface area (Å²) < 4.78 is 6.84. The number of nitrogens with zero attached hydrogens (tertiary/aromatic N) is 2. The van der Waals surface area contributed by atoms with Crippen LogP contribution in [-0.4, -0.2) is 22.1 Å². The highest BCUT2D eigenvalue weighted by Gasteiger charge is 2.16. The van der Waals surface area contributed by atoms with Crippen LogP contribution in [0.25, 0.3) is 0 Å². The van der Waals surface area contributed by atoms with Gasteiger partial charge >= 0.3 is 5.97 Å². The lowest BCUT2D eigenvalue weighted by atomic mass is 10.3. The van der Waals surface area contributed by atoms with Crippen LogP contribution in [0.4, 0.5) is 0 Å². The highest BCUT2D eigenvalue weighted by molar-refractivity contribution is 5.88. The van der Waals surface area contributed by atoms with Gasteiger partial charge in [0, 0.05) is 11.7 Å². The Morgan fingerprint density at radius 3 is 2.71 bits per heavy atom. The van der Waals surface area contributed by atoms with E-state index in [2.05, 4.69) is 4.98 Å². The quantitative estimate of drug-likeness (QED) is 0.694. The summed E-state index contributed by atoms with van der Waals surface area (Å²) in [7, 11) is 0. The number of aromatic nitrogens is 2. The van der Waals surface area contributed by atoms with Gasteiger partial charge in [0.15, 0.2) is 5.69 Å². The number of hydrogen-bond acceptors (Lipinski definition) is 3. The summed E-state index contributed by atoms with van der Waals surface area (Å²) in [5.74, 6) is -0.343. The minimum atomic E-state index is -0.343. The van der Waals surface area contributed by atoms with Crippen LogP contribution in [0.1, 0.15) is 43.0 Å². The Labute approximate surface area is 83.9 Å². The van der Waals surface area contributed by atoms with Gasteiger partial charge in [0.1, 0.15) is 0 Å². The zero-order chi connectivity index (χ0) is 10.7. The molecule has 0 bridgehead atoms. The minimum Gasteiger partial charge on any atom is -0.461 e. The average Bonchev–Trinajstić information content (AvgIpc) is 2.47. The molecule has 0 amide bonds. The lowest BCUT2D eigenvalue weighted by molar-refractivity contribution is 0.0519. The molecule has 0 aromatic carbocycles. The van der Waals surface area contributed by atoms with E-state index in [1.54, 1.807) is 13.3 Å². The zero-order valence-corrected chi connectivity index (χ0v) is 9.07. The normalized spacial score (nSPS) is 10.6. The molecule has 1 aromatic heterocycles. The second-order valence-electron chi connectivity index (χ2n) is 3.40. The van der Waals surface area contributed by atoms with Gasteiger partial charge in [0.2, 0.25) is 0 Å². The van der Waals surface area contributed by atoms with Crippen molar-refractivity contribution in [2.75, 3.05) is 6.61 Å². The third-order valence-electron chi connectivity index (χ3n) is 2.07. The maximum Gasteiger partial charge on any atom is 0.358 e. The molecule has 1 rings (SSSR count). The van der Waals surface area contributed by atoms with E-state index >= 15 is 0 Å². The van der Waals surface area contributed by atoms with Crippen molar-refractivity contribution in [1.82, 2.24) is 9.55 Å². The van der Waals surface area contributed by atoms with Gasteiger partial charge in [-0.2, -0.15) is 0 Å². The Balaban J connectivity index is 2.95. The zero-order valence-electron chi connectivity index (χ0n) is 9.07. The van der Waals surface area contributed by atoms with E-state index in [4.69, 9.17) is 4.74 Å². The van der Waals surface area contributed by atoms with E-state index in [1.807, 2.05) is 25.3 Å². The molecular formula is C10H16N2O2. The lowest BCUT2D eigenvalue weighted by Gasteiger charge is -2.08. The van der Waals surface area contributed by atoms with E-state index < -0.39 is 0 Å².